The third-order valence-corrected chi connectivity index (χ3v) is 4.90. The molecule has 130 valence electrons. The van der Waals surface area contributed by atoms with Crippen LogP contribution in [0.1, 0.15) is 25.7 Å². The molecule has 0 N–H and O–H groups in total. The van der Waals surface area contributed by atoms with E-state index in [0.29, 0.717) is 19.1 Å². The fraction of sp³-hybridized carbons (Fsp3) is 0.579. The van der Waals surface area contributed by atoms with Crippen LogP contribution >= 0.6 is 0 Å². The normalized spacial score (nSPS) is 18.3. The lowest BCUT2D eigenvalue weighted by Gasteiger charge is -2.33. The minimum Gasteiger partial charge on any atom is -0.492 e. The van der Waals surface area contributed by atoms with Gasteiger partial charge in [-0.25, -0.2) is 0 Å². The molecule has 1 aliphatic heterocycles. The Morgan fingerprint density at radius 3 is 2.38 bits per heavy atom. The highest BCUT2D eigenvalue weighted by Crippen LogP contribution is 2.32. The summed E-state index contributed by atoms with van der Waals surface area (Å²) in [4.78, 5) is 28.3. The Labute approximate surface area is 143 Å². The number of benzene rings is 1. The summed E-state index contributed by atoms with van der Waals surface area (Å²) in [6.07, 6.45) is 3.64. The zero-order valence-electron chi connectivity index (χ0n) is 14.3. The molecular weight excluding hydrogens is 304 g/mol. The van der Waals surface area contributed by atoms with Gasteiger partial charge in [0.15, 0.2) is 0 Å². The molecule has 0 atom stereocenters. The third-order valence-electron chi connectivity index (χ3n) is 4.90. The first-order chi connectivity index (χ1) is 11.6. The molecule has 1 saturated carbocycles. The highest BCUT2D eigenvalue weighted by atomic mass is 16.5. The summed E-state index contributed by atoms with van der Waals surface area (Å²) in [6, 6.07) is 9.63. The first-order valence-corrected chi connectivity index (χ1v) is 8.87. The summed E-state index contributed by atoms with van der Waals surface area (Å²) >= 11 is 0. The number of ether oxygens (including phenoxy) is 1. The van der Waals surface area contributed by atoms with Crippen molar-refractivity contribution in [1.82, 2.24) is 9.80 Å². The maximum absolute atomic E-state index is 12.5. The maximum atomic E-state index is 12.5. The van der Waals surface area contributed by atoms with Gasteiger partial charge in [-0.05, 0) is 37.8 Å². The molecule has 1 aromatic carbocycles. The molecule has 2 amide bonds. The average molecular weight is 330 g/mol. The molecule has 2 aliphatic rings. The number of hydrogen-bond donors (Lipinski definition) is 0. The van der Waals surface area contributed by atoms with Gasteiger partial charge in [0.1, 0.15) is 12.4 Å². The molecule has 0 radical (unpaired) electrons. The molecule has 1 saturated heterocycles. The van der Waals surface area contributed by atoms with E-state index in [1.54, 1.807) is 4.90 Å². The quantitative estimate of drug-likeness (QED) is 0.803. The summed E-state index contributed by atoms with van der Waals surface area (Å²) in [5.74, 6) is 1.60. The lowest BCUT2D eigenvalue weighted by molar-refractivity contribution is -0.140. The smallest absolute Gasteiger partial charge is 0.225 e. The van der Waals surface area contributed by atoms with Gasteiger partial charge in [-0.2, -0.15) is 0 Å². The number of rotatable bonds is 6. The van der Waals surface area contributed by atoms with Gasteiger partial charge in [0.25, 0.3) is 0 Å². The number of hydrogen-bond acceptors (Lipinski definition) is 3. The molecule has 24 heavy (non-hydrogen) atoms. The number of carbonyl (C=O) groups excluding carboxylic acids is 2. The largest absolute Gasteiger partial charge is 0.492 e. The molecule has 0 spiro atoms. The Hall–Kier alpha value is -2.04. The maximum Gasteiger partial charge on any atom is 0.225 e. The highest BCUT2D eigenvalue weighted by Gasteiger charge is 2.36. The van der Waals surface area contributed by atoms with Gasteiger partial charge in [-0.15, -0.1) is 0 Å². The van der Waals surface area contributed by atoms with Crippen molar-refractivity contribution in [3.8, 4) is 5.75 Å². The first kappa shape index (κ1) is 16.8. The van der Waals surface area contributed by atoms with Crippen LogP contribution in [0.3, 0.4) is 0 Å². The SMILES string of the molecule is CN(CCOc1ccccc1)C(=O)C1CCN(C(=O)C2CC2)CC1. The Bertz CT molecular complexity index is 563. The van der Waals surface area contributed by atoms with Gasteiger partial charge in [0.2, 0.25) is 11.8 Å². The topological polar surface area (TPSA) is 49.9 Å². The van der Waals surface area contributed by atoms with Crippen molar-refractivity contribution in [2.24, 2.45) is 11.8 Å². The molecular formula is C19H26N2O3. The van der Waals surface area contributed by atoms with Gasteiger partial charge in [0, 0.05) is 32.0 Å². The number of piperidine rings is 1. The van der Waals surface area contributed by atoms with Gasteiger partial charge in [-0.1, -0.05) is 18.2 Å². The van der Waals surface area contributed by atoms with E-state index in [1.807, 2.05) is 42.3 Å². The number of likely N-dealkylation sites (N-methyl/N-ethyl adjacent to an activating group) is 1. The van der Waals surface area contributed by atoms with E-state index in [2.05, 4.69) is 0 Å². The molecule has 0 bridgehead atoms. The average Bonchev–Trinajstić information content (AvgIpc) is 3.46. The van der Waals surface area contributed by atoms with Crippen molar-refractivity contribution in [3.05, 3.63) is 30.3 Å². The van der Waals surface area contributed by atoms with E-state index < -0.39 is 0 Å². The van der Waals surface area contributed by atoms with Crippen LogP contribution in [-0.4, -0.2) is 54.9 Å². The van der Waals surface area contributed by atoms with Crippen LogP contribution in [0, 0.1) is 11.8 Å². The number of para-hydroxylation sites is 1. The second-order valence-electron chi connectivity index (χ2n) is 6.80. The van der Waals surface area contributed by atoms with Crippen molar-refractivity contribution >= 4 is 11.8 Å². The minimum atomic E-state index is 0.0370. The van der Waals surface area contributed by atoms with Crippen LogP contribution < -0.4 is 4.74 Å². The molecule has 1 heterocycles. The van der Waals surface area contributed by atoms with Crippen LogP contribution in [0.5, 0.6) is 5.75 Å². The molecule has 1 aliphatic carbocycles. The molecule has 3 rings (SSSR count). The van der Waals surface area contributed by atoms with Crippen molar-refractivity contribution in [1.29, 1.82) is 0 Å². The standard InChI is InChI=1S/C19H26N2O3/c1-20(13-14-24-17-5-3-2-4-6-17)18(22)16-9-11-21(12-10-16)19(23)15-7-8-15/h2-6,15-16H,7-14H2,1H3. The lowest BCUT2D eigenvalue weighted by Crippen LogP contribution is -2.44. The predicted molar refractivity (Wildman–Crippen MR) is 91.6 cm³/mol. The monoisotopic (exact) mass is 330 g/mol. The zero-order chi connectivity index (χ0) is 16.9. The zero-order valence-corrected chi connectivity index (χ0v) is 14.3. The molecule has 5 heteroatoms. The van der Waals surface area contributed by atoms with Crippen molar-refractivity contribution < 1.29 is 14.3 Å². The van der Waals surface area contributed by atoms with Gasteiger partial charge in [-0.3, -0.25) is 9.59 Å². The van der Waals surface area contributed by atoms with E-state index in [-0.39, 0.29) is 17.7 Å². The van der Waals surface area contributed by atoms with E-state index in [9.17, 15) is 9.59 Å². The van der Waals surface area contributed by atoms with Crippen LogP contribution in [0.25, 0.3) is 0 Å². The van der Waals surface area contributed by atoms with E-state index in [4.69, 9.17) is 4.74 Å². The van der Waals surface area contributed by atoms with E-state index in [0.717, 1.165) is 44.5 Å². The Balaban J connectivity index is 1.38. The van der Waals surface area contributed by atoms with Crippen molar-refractivity contribution in [3.63, 3.8) is 0 Å². The molecule has 5 nitrogen and oxygen atoms in total. The van der Waals surface area contributed by atoms with Gasteiger partial charge < -0.3 is 14.5 Å². The minimum absolute atomic E-state index is 0.0370. The Kier molecular flexibility index (Phi) is 5.38. The summed E-state index contributed by atoms with van der Waals surface area (Å²) in [5.41, 5.74) is 0. The molecule has 1 aromatic rings. The van der Waals surface area contributed by atoms with Crippen molar-refractivity contribution in [2.45, 2.75) is 25.7 Å². The highest BCUT2D eigenvalue weighted by molar-refractivity contribution is 5.82. The Morgan fingerprint density at radius 2 is 1.75 bits per heavy atom. The third kappa shape index (κ3) is 4.28. The van der Waals surface area contributed by atoms with E-state index in [1.165, 1.54) is 0 Å². The van der Waals surface area contributed by atoms with Gasteiger partial charge >= 0.3 is 0 Å². The fourth-order valence-corrected chi connectivity index (χ4v) is 3.17. The van der Waals surface area contributed by atoms with Crippen LogP contribution in [0.2, 0.25) is 0 Å². The lowest BCUT2D eigenvalue weighted by atomic mass is 9.95. The molecule has 2 fully saturated rings. The van der Waals surface area contributed by atoms with Crippen molar-refractivity contribution in [2.75, 3.05) is 33.3 Å². The predicted octanol–water partition coefficient (Wildman–Crippen LogP) is 2.17. The summed E-state index contributed by atoms with van der Waals surface area (Å²) < 4.78 is 5.65. The number of likely N-dealkylation sites (tertiary alicyclic amines) is 1. The van der Waals surface area contributed by atoms with Gasteiger partial charge in [0.05, 0.1) is 6.54 Å². The van der Waals surface area contributed by atoms with Crippen LogP contribution in [0.15, 0.2) is 30.3 Å². The molecule has 0 aromatic heterocycles. The van der Waals surface area contributed by atoms with E-state index >= 15 is 0 Å². The summed E-state index contributed by atoms with van der Waals surface area (Å²) in [6.45, 7) is 2.51. The van der Waals surface area contributed by atoms with Crippen LogP contribution in [0.4, 0.5) is 0 Å². The summed E-state index contributed by atoms with van der Waals surface area (Å²) in [7, 11) is 1.83. The Morgan fingerprint density at radius 1 is 1.08 bits per heavy atom. The second kappa shape index (κ2) is 7.69. The number of carbonyl (C=O) groups is 2. The molecule has 0 unspecified atom stereocenters. The first-order valence-electron chi connectivity index (χ1n) is 8.87. The summed E-state index contributed by atoms with van der Waals surface area (Å²) in [5, 5.41) is 0. The fourth-order valence-electron chi connectivity index (χ4n) is 3.17. The van der Waals surface area contributed by atoms with Crippen LogP contribution in [-0.2, 0) is 9.59 Å². The second-order valence-corrected chi connectivity index (χ2v) is 6.80. The number of nitrogens with zero attached hydrogens (tertiary/aromatic N) is 2. The number of amides is 2.